The van der Waals surface area contributed by atoms with Crippen molar-refractivity contribution in [3.63, 3.8) is 0 Å². The standard InChI is InChI=1S/C13H15FN4S/c1-17(8-9-4-2-3-5-11(9)14)12-15-16-13(19)18(12)10-6-7-10/h2-5,10H,6-8H2,1H3,(H,16,19). The van der Waals surface area contributed by atoms with E-state index >= 15 is 0 Å². The lowest BCUT2D eigenvalue weighted by Crippen LogP contribution is -2.21. The van der Waals surface area contributed by atoms with Crippen LogP contribution in [0.1, 0.15) is 24.4 Å². The lowest BCUT2D eigenvalue weighted by atomic mass is 10.2. The highest BCUT2D eigenvalue weighted by Crippen LogP contribution is 2.37. The smallest absolute Gasteiger partial charge is 0.226 e. The highest BCUT2D eigenvalue weighted by atomic mass is 32.1. The largest absolute Gasteiger partial charge is 0.340 e. The van der Waals surface area contributed by atoms with E-state index in [2.05, 4.69) is 10.2 Å². The molecule has 0 atom stereocenters. The molecule has 1 saturated carbocycles. The summed E-state index contributed by atoms with van der Waals surface area (Å²) in [5.41, 5.74) is 0.654. The number of aromatic nitrogens is 3. The predicted octanol–water partition coefficient (Wildman–Crippen LogP) is 3.05. The summed E-state index contributed by atoms with van der Waals surface area (Å²) in [6.07, 6.45) is 2.27. The molecule has 1 heterocycles. The minimum absolute atomic E-state index is 0.193. The number of nitrogens with one attached hydrogen (secondary N) is 1. The third-order valence-corrected chi connectivity index (χ3v) is 3.59. The fourth-order valence-electron chi connectivity index (χ4n) is 2.18. The summed E-state index contributed by atoms with van der Waals surface area (Å²) in [5, 5.41) is 7.07. The van der Waals surface area contributed by atoms with Crippen molar-refractivity contribution in [1.29, 1.82) is 0 Å². The molecule has 100 valence electrons. The van der Waals surface area contributed by atoms with Crippen molar-refractivity contribution in [3.05, 3.63) is 40.4 Å². The summed E-state index contributed by atoms with van der Waals surface area (Å²) >= 11 is 5.24. The lowest BCUT2D eigenvalue weighted by molar-refractivity contribution is 0.604. The van der Waals surface area contributed by atoms with Gasteiger partial charge in [-0.15, -0.1) is 5.10 Å². The molecule has 0 amide bonds. The number of nitrogens with zero attached hydrogens (tertiary/aromatic N) is 3. The molecule has 1 N–H and O–H groups in total. The van der Waals surface area contributed by atoms with E-state index in [0.29, 0.717) is 22.9 Å². The second kappa shape index (κ2) is 4.77. The van der Waals surface area contributed by atoms with Crippen LogP contribution in [0, 0.1) is 10.6 Å². The molecule has 2 aromatic rings. The number of hydrogen-bond donors (Lipinski definition) is 1. The van der Waals surface area contributed by atoms with Crippen molar-refractivity contribution in [3.8, 4) is 0 Å². The molecule has 6 heteroatoms. The molecule has 19 heavy (non-hydrogen) atoms. The van der Waals surface area contributed by atoms with Crippen LogP contribution in [0.15, 0.2) is 24.3 Å². The quantitative estimate of drug-likeness (QED) is 0.873. The van der Waals surface area contributed by atoms with Crippen LogP contribution in [0.25, 0.3) is 0 Å². The average Bonchev–Trinajstić information content (AvgIpc) is 3.15. The van der Waals surface area contributed by atoms with E-state index in [4.69, 9.17) is 12.2 Å². The Hall–Kier alpha value is -1.69. The molecule has 0 spiro atoms. The first-order chi connectivity index (χ1) is 9.16. The summed E-state index contributed by atoms with van der Waals surface area (Å²) in [6.45, 7) is 0.471. The summed E-state index contributed by atoms with van der Waals surface area (Å²) < 4.78 is 16.3. The van der Waals surface area contributed by atoms with Gasteiger partial charge in [-0.25, -0.2) is 9.49 Å². The molecule has 1 aliphatic carbocycles. The fourth-order valence-corrected chi connectivity index (χ4v) is 2.46. The number of rotatable bonds is 4. The predicted molar refractivity (Wildman–Crippen MR) is 74.2 cm³/mol. The summed E-state index contributed by atoms with van der Waals surface area (Å²) in [7, 11) is 1.90. The zero-order valence-electron chi connectivity index (χ0n) is 10.6. The maximum Gasteiger partial charge on any atom is 0.226 e. The van der Waals surface area contributed by atoms with E-state index < -0.39 is 0 Å². The van der Waals surface area contributed by atoms with Gasteiger partial charge in [0.2, 0.25) is 5.95 Å². The SMILES string of the molecule is CN(Cc1ccccc1F)c1n[nH]c(=S)n1C1CC1. The first kappa shape index (κ1) is 12.3. The van der Waals surface area contributed by atoms with E-state index in [1.54, 1.807) is 12.1 Å². The van der Waals surface area contributed by atoms with E-state index in [0.717, 1.165) is 18.8 Å². The summed E-state index contributed by atoms with van der Waals surface area (Å²) in [4.78, 5) is 1.92. The van der Waals surface area contributed by atoms with Gasteiger partial charge in [0.05, 0.1) is 0 Å². The Kier molecular flexibility index (Phi) is 3.10. The Morgan fingerprint density at radius 3 is 2.89 bits per heavy atom. The first-order valence-corrected chi connectivity index (χ1v) is 6.69. The van der Waals surface area contributed by atoms with Crippen LogP contribution in [-0.4, -0.2) is 21.8 Å². The van der Waals surface area contributed by atoms with Crippen molar-refractivity contribution in [2.24, 2.45) is 0 Å². The zero-order valence-corrected chi connectivity index (χ0v) is 11.5. The monoisotopic (exact) mass is 278 g/mol. The Labute approximate surface area is 115 Å². The minimum Gasteiger partial charge on any atom is -0.340 e. The number of hydrogen-bond acceptors (Lipinski definition) is 3. The van der Waals surface area contributed by atoms with Gasteiger partial charge in [0, 0.05) is 25.2 Å². The second-order valence-electron chi connectivity index (χ2n) is 4.88. The molecular formula is C13H15FN4S. The summed E-state index contributed by atoms with van der Waals surface area (Å²) in [5.74, 6) is 0.581. The Morgan fingerprint density at radius 2 is 2.21 bits per heavy atom. The Bertz CT molecular complexity index is 644. The minimum atomic E-state index is -0.193. The van der Waals surface area contributed by atoms with Crippen LogP contribution in [0.2, 0.25) is 0 Å². The number of H-pyrrole nitrogens is 1. The normalized spacial score (nSPS) is 14.6. The van der Waals surface area contributed by atoms with Crippen LogP contribution >= 0.6 is 12.2 Å². The third kappa shape index (κ3) is 2.40. The van der Waals surface area contributed by atoms with Crippen LogP contribution in [-0.2, 0) is 6.54 Å². The van der Waals surface area contributed by atoms with Crippen molar-refractivity contribution >= 4 is 18.2 Å². The van der Waals surface area contributed by atoms with Crippen molar-refractivity contribution in [2.75, 3.05) is 11.9 Å². The zero-order chi connectivity index (χ0) is 13.4. The molecule has 1 aromatic carbocycles. The Morgan fingerprint density at radius 1 is 1.47 bits per heavy atom. The molecule has 0 bridgehead atoms. The van der Waals surface area contributed by atoms with Gasteiger partial charge in [0.15, 0.2) is 4.77 Å². The van der Waals surface area contributed by atoms with Gasteiger partial charge in [-0.3, -0.25) is 4.57 Å². The number of anilines is 1. The molecule has 0 unspecified atom stereocenters. The highest BCUT2D eigenvalue weighted by Gasteiger charge is 2.28. The number of aromatic amines is 1. The maximum atomic E-state index is 13.7. The molecule has 4 nitrogen and oxygen atoms in total. The van der Waals surface area contributed by atoms with Crippen LogP contribution in [0.5, 0.6) is 0 Å². The molecular weight excluding hydrogens is 263 g/mol. The topological polar surface area (TPSA) is 36.9 Å². The van der Waals surface area contributed by atoms with Gasteiger partial charge in [-0.05, 0) is 31.1 Å². The molecule has 0 aliphatic heterocycles. The highest BCUT2D eigenvalue weighted by molar-refractivity contribution is 7.71. The van der Waals surface area contributed by atoms with Gasteiger partial charge in [-0.2, -0.15) is 0 Å². The summed E-state index contributed by atoms with van der Waals surface area (Å²) in [6, 6.07) is 7.24. The average molecular weight is 278 g/mol. The van der Waals surface area contributed by atoms with Crippen molar-refractivity contribution < 1.29 is 4.39 Å². The lowest BCUT2D eigenvalue weighted by Gasteiger charge is -2.19. The molecule has 3 rings (SSSR count). The number of benzene rings is 1. The van der Waals surface area contributed by atoms with Crippen molar-refractivity contribution in [1.82, 2.24) is 14.8 Å². The van der Waals surface area contributed by atoms with E-state index in [1.165, 1.54) is 6.07 Å². The van der Waals surface area contributed by atoms with Gasteiger partial charge in [0.1, 0.15) is 5.82 Å². The van der Waals surface area contributed by atoms with E-state index in [1.807, 2.05) is 22.6 Å². The van der Waals surface area contributed by atoms with Crippen LogP contribution in [0.4, 0.5) is 10.3 Å². The van der Waals surface area contributed by atoms with Gasteiger partial charge >= 0.3 is 0 Å². The third-order valence-electron chi connectivity index (χ3n) is 3.30. The van der Waals surface area contributed by atoms with Crippen LogP contribution in [0.3, 0.4) is 0 Å². The van der Waals surface area contributed by atoms with Gasteiger partial charge in [0.25, 0.3) is 0 Å². The molecule has 1 fully saturated rings. The second-order valence-corrected chi connectivity index (χ2v) is 5.26. The van der Waals surface area contributed by atoms with Gasteiger partial charge in [-0.1, -0.05) is 18.2 Å². The fraction of sp³-hybridized carbons (Fsp3) is 0.385. The first-order valence-electron chi connectivity index (χ1n) is 6.28. The van der Waals surface area contributed by atoms with Crippen LogP contribution < -0.4 is 4.90 Å². The Balaban J connectivity index is 1.87. The van der Waals surface area contributed by atoms with Gasteiger partial charge < -0.3 is 4.90 Å². The molecule has 0 radical (unpaired) electrons. The molecule has 1 aromatic heterocycles. The van der Waals surface area contributed by atoms with E-state index in [9.17, 15) is 4.39 Å². The van der Waals surface area contributed by atoms with E-state index in [-0.39, 0.29) is 5.82 Å². The molecule has 0 saturated heterocycles. The molecule has 1 aliphatic rings. The van der Waals surface area contributed by atoms with Crippen molar-refractivity contribution in [2.45, 2.75) is 25.4 Å². The maximum absolute atomic E-state index is 13.7. The number of halogens is 1.